The van der Waals surface area contributed by atoms with Gasteiger partial charge >= 0.3 is 18.1 Å². The summed E-state index contributed by atoms with van der Waals surface area (Å²) in [6.07, 6.45) is -3.15. The van der Waals surface area contributed by atoms with Gasteiger partial charge in [-0.3, -0.25) is 9.78 Å². The van der Waals surface area contributed by atoms with Gasteiger partial charge in [-0.15, -0.1) is 0 Å². The summed E-state index contributed by atoms with van der Waals surface area (Å²) in [5, 5.41) is 2.61. The number of nitrogens with zero attached hydrogens (tertiary/aromatic N) is 3. The van der Waals surface area contributed by atoms with Crippen molar-refractivity contribution >= 4 is 17.6 Å². The Morgan fingerprint density at radius 1 is 1.13 bits per heavy atom. The second-order valence-corrected chi connectivity index (χ2v) is 7.15. The summed E-state index contributed by atoms with van der Waals surface area (Å²) in [5.74, 6) is -3.35. The molecule has 2 heterocycles. The van der Waals surface area contributed by atoms with Crippen LogP contribution < -0.4 is 5.32 Å². The number of carbonyl (C=O) groups is 2. The summed E-state index contributed by atoms with van der Waals surface area (Å²) < 4.78 is 64.3. The molecule has 1 aromatic heterocycles. The number of likely N-dealkylation sites (tertiary alicyclic amines) is 1. The number of benzene rings is 1. The molecule has 11 heteroatoms. The second-order valence-electron chi connectivity index (χ2n) is 7.15. The maximum absolute atomic E-state index is 13.3. The van der Waals surface area contributed by atoms with Crippen molar-refractivity contribution in [2.24, 2.45) is 0 Å². The molecule has 1 aliphatic rings. The van der Waals surface area contributed by atoms with Gasteiger partial charge in [-0.05, 0) is 37.1 Å². The first-order valence-corrected chi connectivity index (χ1v) is 9.37. The molecule has 0 bridgehead atoms. The van der Waals surface area contributed by atoms with Crippen LogP contribution in [0.4, 0.5) is 32.4 Å². The summed E-state index contributed by atoms with van der Waals surface area (Å²) in [7, 11) is 1.51. The number of aromatic nitrogens is 1. The van der Waals surface area contributed by atoms with Crippen LogP contribution in [-0.4, -0.2) is 59.1 Å². The van der Waals surface area contributed by atoms with Crippen LogP contribution in [0.15, 0.2) is 36.5 Å². The van der Waals surface area contributed by atoms with E-state index in [1.807, 2.05) is 0 Å². The quantitative estimate of drug-likeness (QED) is 0.705. The Bertz CT molecular complexity index is 948. The summed E-state index contributed by atoms with van der Waals surface area (Å²) in [6, 6.07) is 5.19. The van der Waals surface area contributed by atoms with Gasteiger partial charge in [-0.2, -0.15) is 13.2 Å². The summed E-state index contributed by atoms with van der Waals surface area (Å²) in [6.45, 7) is -0.192. The lowest BCUT2D eigenvalue weighted by Crippen LogP contribution is -2.51. The number of carbonyl (C=O) groups excluding carboxylic acids is 2. The number of anilines is 1. The van der Waals surface area contributed by atoms with Crippen molar-refractivity contribution in [1.82, 2.24) is 14.8 Å². The fourth-order valence-corrected chi connectivity index (χ4v) is 3.35. The van der Waals surface area contributed by atoms with Crippen LogP contribution in [0.1, 0.15) is 15.7 Å². The number of hydrogen-bond acceptors (Lipinski definition) is 3. The van der Waals surface area contributed by atoms with Crippen molar-refractivity contribution in [3.63, 3.8) is 0 Å². The third-order valence-corrected chi connectivity index (χ3v) is 5.04. The van der Waals surface area contributed by atoms with Gasteiger partial charge in [0.2, 0.25) is 0 Å². The predicted molar refractivity (Wildman–Crippen MR) is 106 cm³/mol. The third-order valence-electron chi connectivity index (χ3n) is 5.04. The van der Waals surface area contributed by atoms with Gasteiger partial charge in [0.25, 0.3) is 0 Å². The summed E-state index contributed by atoms with van der Waals surface area (Å²) in [4.78, 5) is 29.9. The molecule has 6 nitrogen and oxygen atoms in total. The number of urea groups is 1. The predicted octanol–water partition coefficient (Wildman–Crippen LogP) is 4.54. The first-order valence-electron chi connectivity index (χ1n) is 9.37. The molecule has 0 aliphatic carbocycles. The molecule has 0 spiro atoms. The topological polar surface area (TPSA) is 65.5 Å². The van der Waals surface area contributed by atoms with Crippen molar-refractivity contribution in [2.75, 3.05) is 25.5 Å². The van der Waals surface area contributed by atoms with E-state index in [4.69, 9.17) is 0 Å². The van der Waals surface area contributed by atoms with Gasteiger partial charge in [-0.1, -0.05) is 0 Å². The molecular formula is C20H23F5N4O2. The van der Waals surface area contributed by atoms with Crippen molar-refractivity contribution in [3.05, 3.63) is 48.2 Å². The molecule has 0 atom stereocenters. The minimum Gasteiger partial charge on any atom is -0.335 e. The second kappa shape index (κ2) is 8.86. The molecule has 1 saturated heterocycles. The Morgan fingerprint density at radius 2 is 1.74 bits per heavy atom. The number of rotatable bonds is 3. The third kappa shape index (κ3) is 5.47. The maximum Gasteiger partial charge on any atom is 0.471 e. The first-order chi connectivity index (χ1) is 14.5. The van der Waals surface area contributed by atoms with Crippen molar-refractivity contribution in [3.8, 4) is 11.3 Å². The van der Waals surface area contributed by atoms with E-state index in [9.17, 15) is 31.5 Å². The van der Waals surface area contributed by atoms with E-state index in [1.165, 1.54) is 30.3 Å². The van der Waals surface area contributed by atoms with Crippen LogP contribution in [-0.2, 0) is 4.79 Å². The largest absolute Gasteiger partial charge is 0.471 e. The Labute approximate surface area is 177 Å². The van der Waals surface area contributed by atoms with Crippen LogP contribution in [0.2, 0.25) is 0 Å². The van der Waals surface area contributed by atoms with Gasteiger partial charge in [0.1, 0.15) is 11.6 Å². The molecule has 1 fully saturated rings. The standard InChI is InChI=1S/C20H19F5N4O2.2H2/c1-28(16-4-6-29(7-5-16)18(30)20(23,24)25)19(31)27-15-2-3-17(26-11-15)12-8-13(21)10-14(22)9-12;;/h2-3,8-11,16H,4-7H2,1H3,(H,27,31);2*1H. The highest BCUT2D eigenvalue weighted by Crippen LogP contribution is 2.24. The highest BCUT2D eigenvalue weighted by molar-refractivity contribution is 5.89. The van der Waals surface area contributed by atoms with E-state index in [-0.39, 0.29) is 40.4 Å². The zero-order chi connectivity index (χ0) is 22.8. The van der Waals surface area contributed by atoms with Gasteiger partial charge in [0.15, 0.2) is 0 Å². The molecular weight excluding hydrogens is 423 g/mol. The van der Waals surface area contributed by atoms with Crippen molar-refractivity contribution in [2.45, 2.75) is 25.1 Å². The first kappa shape index (κ1) is 22.4. The van der Waals surface area contributed by atoms with Crippen LogP contribution >= 0.6 is 0 Å². The van der Waals surface area contributed by atoms with E-state index in [2.05, 4.69) is 10.3 Å². The number of pyridine rings is 1. The summed E-state index contributed by atoms with van der Waals surface area (Å²) >= 11 is 0. The fourth-order valence-electron chi connectivity index (χ4n) is 3.35. The smallest absolute Gasteiger partial charge is 0.335 e. The Morgan fingerprint density at radius 3 is 2.26 bits per heavy atom. The maximum atomic E-state index is 13.3. The molecule has 1 aromatic carbocycles. The molecule has 0 radical (unpaired) electrons. The fraction of sp³-hybridized carbons (Fsp3) is 0.350. The number of halogens is 5. The average Bonchev–Trinajstić information content (AvgIpc) is 2.72. The minimum atomic E-state index is -4.91. The lowest BCUT2D eigenvalue weighted by Gasteiger charge is -2.36. The van der Waals surface area contributed by atoms with E-state index >= 15 is 0 Å². The molecule has 1 N–H and O–H groups in total. The normalized spacial score (nSPS) is 15.0. The molecule has 3 rings (SSSR count). The average molecular weight is 446 g/mol. The zero-order valence-corrected chi connectivity index (χ0v) is 16.4. The van der Waals surface area contributed by atoms with E-state index in [0.717, 1.165) is 23.1 Å². The van der Waals surface area contributed by atoms with Gasteiger partial charge < -0.3 is 15.1 Å². The molecule has 2 aromatic rings. The number of nitrogens with one attached hydrogen (secondary N) is 1. The molecule has 1 aliphatic heterocycles. The number of amides is 3. The van der Waals surface area contributed by atoms with Crippen LogP contribution in [0.5, 0.6) is 0 Å². The van der Waals surface area contributed by atoms with E-state index < -0.39 is 29.7 Å². The van der Waals surface area contributed by atoms with Crippen molar-refractivity contribution < 1.29 is 34.4 Å². The molecule has 0 unspecified atom stereocenters. The lowest BCUT2D eigenvalue weighted by molar-refractivity contribution is -0.186. The zero-order valence-electron chi connectivity index (χ0n) is 16.4. The van der Waals surface area contributed by atoms with Crippen molar-refractivity contribution in [1.29, 1.82) is 0 Å². The highest BCUT2D eigenvalue weighted by Gasteiger charge is 2.43. The van der Waals surface area contributed by atoms with Gasteiger partial charge in [-0.25, -0.2) is 13.6 Å². The molecule has 3 amide bonds. The van der Waals surface area contributed by atoms with Crippen LogP contribution in [0, 0.1) is 11.6 Å². The number of alkyl halides is 3. The van der Waals surface area contributed by atoms with Gasteiger partial charge in [0, 0.05) is 40.7 Å². The Balaban J connectivity index is 0.00000272. The Hall–Kier alpha value is -3.24. The number of hydrogen-bond donors (Lipinski definition) is 1. The summed E-state index contributed by atoms with van der Waals surface area (Å²) in [5.41, 5.74) is 0.890. The van der Waals surface area contributed by atoms with E-state index in [0.29, 0.717) is 11.4 Å². The van der Waals surface area contributed by atoms with Crippen LogP contribution in [0.25, 0.3) is 11.3 Å². The van der Waals surface area contributed by atoms with Gasteiger partial charge in [0.05, 0.1) is 17.6 Å². The monoisotopic (exact) mass is 446 g/mol. The lowest BCUT2D eigenvalue weighted by atomic mass is 10.0. The molecule has 31 heavy (non-hydrogen) atoms. The Kier molecular flexibility index (Phi) is 6.42. The van der Waals surface area contributed by atoms with E-state index in [1.54, 1.807) is 0 Å². The molecule has 170 valence electrons. The SMILES string of the molecule is CN(C(=O)Nc1ccc(-c2cc(F)cc(F)c2)nc1)C1CCN(C(=O)C(F)(F)F)CC1.[HH].[HH]. The number of piperidine rings is 1. The minimum absolute atomic E-state index is 0. The van der Waals surface area contributed by atoms with Crippen LogP contribution in [0.3, 0.4) is 0 Å². The highest BCUT2D eigenvalue weighted by atomic mass is 19.4. The molecule has 0 saturated carbocycles.